The molecule has 0 fully saturated rings. The van der Waals surface area contributed by atoms with Crippen molar-refractivity contribution in [3.63, 3.8) is 0 Å². The third-order valence-corrected chi connectivity index (χ3v) is 6.35. The number of rotatable bonds is 4. The number of hydrogen-bond donors (Lipinski definition) is 0. The first-order valence-corrected chi connectivity index (χ1v) is 10.5. The van der Waals surface area contributed by atoms with Gasteiger partial charge in [0.15, 0.2) is 11.6 Å². The molecule has 1 aliphatic rings. The molecule has 0 N–H and O–H groups in total. The van der Waals surface area contributed by atoms with Crippen molar-refractivity contribution in [2.24, 2.45) is 0 Å². The van der Waals surface area contributed by atoms with Gasteiger partial charge in [0.25, 0.3) is 0 Å². The topological polar surface area (TPSA) is 0 Å². The zero-order chi connectivity index (χ0) is 22.3. The minimum Gasteiger partial charge on any atom is -0.207 e. The SMILES string of the molecule is C=C1C(CCc2cc(F)c(F)cc2F)=C(c2ccc(C)c(C)c2)Cc2cccc(C)c21. The molecule has 3 aromatic rings. The van der Waals surface area contributed by atoms with Crippen molar-refractivity contribution in [1.29, 1.82) is 0 Å². The van der Waals surface area contributed by atoms with E-state index in [9.17, 15) is 13.2 Å². The predicted molar refractivity (Wildman–Crippen MR) is 121 cm³/mol. The summed E-state index contributed by atoms with van der Waals surface area (Å²) >= 11 is 0. The Kier molecular flexibility index (Phi) is 5.62. The van der Waals surface area contributed by atoms with Crippen LogP contribution in [-0.2, 0) is 12.8 Å². The van der Waals surface area contributed by atoms with Crippen LogP contribution in [0.3, 0.4) is 0 Å². The fourth-order valence-corrected chi connectivity index (χ4v) is 4.46. The number of halogens is 3. The van der Waals surface area contributed by atoms with E-state index in [2.05, 4.69) is 63.7 Å². The molecular weight excluding hydrogens is 393 g/mol. The summed E-state index contributed by atoms with van der Waals surface area (Å²) in [5, 5.41) is 0. The smallest absolute Gasteiger partial charge is 0.161 e. The third kappa shape index (κ3) is 3.97. The van der Waals surface area contributed by atoms with Crippen molar-refractivity contribution >= 4 is 11.1 Å². The molecule has 0 saturated carbocycles. The fraction of sp³-hybridized carbons (Fsp3) is 0.214. The van der Waals surface area contributed by atoms with Crippen molar-refractivity contribution in [3.8, 4) is 0 Å². The lowest BCUT2D eigenvalue weighted by Crippen LogP contribution is -2.10. The van der Waals surface area contributed by atoms with E-state index >= 15 is 0 Å². The first-order valence-electron chi connectivity index (χ1n) is 10.5. The Morgan fingerprint density at radius 3 is 2.26 bits per heavy atom. The van der Waals surface area contributed by atoms with Gasteiger partial charge in [-0.05, 0) is 102 Å². The van der Waals surface area contributed by atoms with Crippen molar-refractivity contribution in [1.82, 2.24) is 0 Å². The first kappa shape index (κ1) is 21.2. The summed E-state index contributed by atoms with van der Waals surface area (Å²) < 4.78 is 41.3. The van der Waals surface area contributed by atoms with E-state index in [1.165, 1.54) is 16.7 Å². The van der Waals surface area contributed by atoms with Crippen LogP contribution in [0.4, 0.5) is 13.2 Å². The number of hydrogen-bond acceptors (Lipinski definition) is 0. The molecule has 0 bridgehead atoms. The molecule has 158 valence electrons. The largest absolute Gasteiger partial charge is 0.207 e. The molecule has 3 aromatic carbocycles. The molecule has 0 aromatic heterocycles. The first-order chi connectivity index (χ1) is 14.8. The van der Waals surface area contributed by atoms with Crippen LogP contribution in [-0.4, -0.2) is 0 Å². The van der Waals surface area contributed by atoms with Gasteiger partial charge in [-0.25, -0.2) is 13.2 Å². The predicted octanol–water partition coefficient (Wildman–Crippen LogP) is 7.69. The Bertz CT molecular complexity index is 1230. The van der Waals surface area contributed by atoms with Crippen molar-refractivity contribution in [2.75, 3.05) is 0 Å². The van der Waals surface area contributed by atoms with E-state index in [1.54, 1.807) is 0 Å². The van der Waals surface area contributed by atoms with E-state index in [4.69, 9.17) is 0 Å². The maximum absolute atomic E-state index is 14.3. The molecule has 0 spiro atoms. The zero-order valence-corrected chi connectivity index (χ0v) is 18.1. The van der Waals surface area contributed by atoms with Crippen molar-refractivity contribution in [2.45, 2.75) is 40.0 Å². The summed E-state index contributed by atoms with van der Waals surface area (Å²) in [7, 11) is 0. The van der Waals surface area contributed by atoms with Crippen LogP contribution in [0.1, 0.15) is 45.4 Å². The number of fused-ring (bicyclic) bond motifs is 1. The van der Waals surface area contributed by atoms with E-state index in [1.807, 2.05) is 0 Å². The molecule has 0 heterocycles. The quantitative estimate of drug-likeness (QED) is 0.381. The molecule has 0 radical (unpaired) electrons. The van der Waals surface area contributed by atoms with Gasteiger partial charge in [0.05, 0.1) is 0 Å². The van der Waals surface area contributed by atoms with Crippen molar-refractivity contribution < 1.29 is 13.2 Å². The lowest BCUT2D eigenvalue weighted by Gasteiger charge is -2.28. The van der Waals surface area contributed by atoms with E-state index < -0.39 is 17.5 Å². The average molecular weight is 419 g/mol. The van der Waals surface area contributed by atoms with E-state index in [-0.39, 0.29) is 12.0 Å². The maximum Gasteiger partial charge on any atom is 0.161 e. The van der Waals surface area contributed by atoms with Gasteiger partial charge >= 0.3 is 0 Å². The van der Waals surface area contributed by atoms with Crippen molar-refractivity contribution in [3.05, 3.63) is 117 Å². The molecule has 0 unspecified atom stereocenters. The van der Waals surface area contributed by atoms with Gasteiger partial charge in [0.2, 0.25) is 0 Å². The van der Waals surface area contributed by atoms with Crippen LogP contribution in [0.25, 0.3) is 11.1 Å². The summed E-state index contributed by atoms with van der Waals surface area (Å²) in [5.74, 6) is -2.91. The second kappa shape index (κ2) is 8.22. The lowest BCUT2D eigenvalue weighted by molar-refractivity contribution is 0.490. The summed E-state index contributed by atoms with van der Waals surface area (Å²) in [4.78, 5) is 0. The molecule has 0 aliphatic heterocycles. The Labute approximate surface area is 181 Å². The van der Waals surface area contributed by atoms with Gasteiger partial charge in [0.1, 0.15) is 5.82 Å². The average Bonchev–Trinajstić information content (AvgIpc) is 2.72. The highest BCUT2D eigenvalue weighted by atomic mass is 19.2. The molecule has 1 aliphatic carbocycles. The highest BCUT2D eigenvalue weighted by molar-refractivity contribution is 5.94. The Balaban J connectivity index is 1.79. The molecule has 0 atom stereocenters. The molecule has 31 heavy (non-hydrogen) atoms. The second-order valence-corrected chi connectivity index (χ2v) is 8.38. The van der Waals surface area contributed by atoms with Crippen LogP contribution < -0.4 is 0 Å². The maximum atomic E-state index is 14.3. The number of benzene rings is 3. The Hall–Kier alpha value is -3.07. The van der Waals surface area contributed by atoms with Crippen LogP contribution in [0.2, 0.25) is 0 Å². The Morgan fingerprint density at radius 1 is 0.774 bits per heavy atom. The molecule has 0 amide bonds. The third-order valence-electron chi connectivity index (χ3n) is 6.35. The summed E-state index contributed by atoms with van der Waals surface area (Å²) in [6, 6.07) is 14.2. The highest BCUT2D eigenvalue weighted by Crippen LogP contribution is 2.42. The van der Waals surface area contributed by atoms with E-state index in [0.29, 0.717) is 12.5 Å². The zero-order valence-electron chi connectivity index (χ0n) is 18.1. The van der Waals surface area contributed by atoms with Crippen LogP contribution in [0.5, 0.6) is 0 Å². The molecule has 4 rings (SSSR count). The Morgan fingerprint density at radius 2 is 1.52 bits per heavy atom. The van der Waals surface area contributed by atoms with Gasteiger partial charge in [0, 0.05) is 6.07 Å². The molecule has 0 saturated heterocycles. The number of aryl methyl sites for hydroxylation is 4. The lowest BCUT2D eigenvalue weighted by atomic mass is 9.76. The standard InChI is InChI=1S/C28H25F3/c1-16-8-9-20(12-18(16)3)24-13-22-7-5-6-17(2)28(22)19(4)23(24)11-10-21-14-26(30)27(31)15-25(21)29/h5-9,12,14-15H,4,10-11,13H2,1-3H3. The van der Waals surface area contributed by atoms with Gasteiger partial charge in [-0.15, -0.1) is 0 Å². The van der Waals surface area contributed by atoms with E-state index in [0.717, 1.165) is 45.9 Å². The van der Waals surface area contributed by atoms with Crippen LogP contribution in [0.15, 0.2) is 60.7 Å². The fourth-order valence-electron chi connectivity index (χ4n) is 4.46. The second-order valence-electron chi connectivity index (χ2n) is 8.38. The van der Waals surface area contributed by atoms with Crippen LogP contribution >= 0.6 is 0 Å². The van der Waals surface area contributed by atoms with Gasteiger partial charge in [-0.1, -0.05) is 43.0 Å². The minimum absolute atomic E-state index is 0.175. The highest BCUT2D eigenvalue weighted by Gasteiger charge is 2.24. The molecule has 0 nitrogen and oxygen atoms in total. The van der Waals surface area contributed by atoms with Crippen LogP contribution in [0, 0.1) is 38.2 Å². The van der Waals surface area contributed by atoms with Gasteiger partial charge in [-0.2, -0.15) is 0 Å². The molecular formula is C28H25F3. The summed E-state index contributed by atoms with van der Waals surface area (Å²) in [5.41, 5.74) is 10.4. The minimum atomic E-state index is -1.16. The molecule has 3 heteroatoms. The number of allylic oxidation sites excluding steroid dienone is 3. The monoisotopic (exact) mass is 418 g/mol. The summed E-state index contributed by atoms with van der Waals surface area (Å²) in [6.07, 6.45) is 1.53. The summed E-state index contributed by atoms with van der Waals surface area (Å²) in [6.45, 7) is 10.6. The normalized spacial score (nSPS) is 13.5. The van der Waals surface area contributed by atoms with Gasteiger partial charge < -0.3 is 0 Å². The van der Waals surface area contributed by atoms with Gasteiger partial charge in [-0.3, -0.25) is 0 Å².